The molecule has 0 heterocycles. The minimum absolute atomic E-state index is 0.105. The Labute approximate surface area is 107 Å². The summed E-state index contributed by atoms with van der Waals surface area (Å²) in [7, 11) is 1.60. The third kappa shape index (κ3) is 2.94. The van der Waals surface area contributed by atoms with E-state index >= 15 is 0 Å². The molecule has 0 amide bonds. The molecule has 0 aromatic heterocycles. The number of ether oxygens (including phenoxy) is 2. The van der Waals surface area contributed by atoms with Crippen molar-refractivity contribution in [2.75, 3.05) is 7.11 Å². The van der Waals surface area contributed by atoms with Crippen molar-refractivity contribution in [2.24, 2.45) is 0 Å². The number of rotatable bonds is 6. The van der Waals surface area contributed by atoms with Crippen molar-refractivity contribution in [1.29, 1.82) is 0 Å². The van der Waals surface area contributed by atoms with Crippen LogP contribution in [-0.4, -0.2) is 24.3 Å². The second-order valence-corrected chi connectivity index (χ2v) is 4.51. The van der Waals surface area contributed by atoms with E-state index < -0.39 is 5.97 Å². The van der Waals surface area contributed by atoms with Crippen LogP contribution in [0.4, 0.5) is 0 Å². The first-order valence-corrected chi connectivity index (χ1v) is 6.25. The van der Waals surface area contributed by atoms with Crippen molar-refractivity contribution >= 4 is 5.97 Å². The Morgan fingerprint density at radius 1 is 1.44 bits per heavy atom. The maximum absolute atomic E-state index is 10.7. The van der Waals surface area contributed by atoms with Gasteiger partial charge < -0.3 is 14.6 Å². The van der Waals surface area contributed by atoms with Crippen molar-refractivity contribution in [3.63, 3.8) is 0 Å². The molecular formula is C14H18O4. The number of hydrogen-bond donors (Lipinski definition) is 1. The Bertz CT molecular complexity index is 424. The van der Waals surface area contributed by atoms with Gasteiger partial charge in [0.1, 0.15) is 0 Å². The Morgan fingerprint density at radius 2 is 2.22 bits per heavy atom. The van der Waals surface area contributed by atoms with Crippen molar-refractivity contribution in [1.82, 2.24) is 0 Å². The highest BCUT2D eigenvalue weighted by atomic mass is 16.5. The van der Waals surface area contributed by atoms with E-state index in [1.807, 2.05) is 18.2 Å². The minimum atomic E-state index is -0.799. The van der Waals surface area contributed by atoms with E-state index in [4.69, 9.17) is 14.6 Å². The molecule has 1 aliphatic carbocycles. The number of carboxylic acid groups (broad SMARTS) is 1. The Morgan fingerprint density at radius 3 is 2.78 bits per heavy atom. The molecule has 1 fully saturated rings. The second-order valence-electron chi connectivity index (χ2n) is 4.51. The van der Waals surface area contributed by atoms with Gasteiger partial charge >= 0.3 is 5.97 Å². The van der Waals surface area contributed by atoms with Gasteiger partial charge in [0.25, 0.3) is 0 Å². The number of carbonyl (C=O) groups is 1. The summed E-state index contributed by atoms with van der Waals surface area (Å²) in [4.78, 5) is 10.7. The summed E-state index contributed by atoms with van der Waals surface area (Å²) in [6.07, 6.45) is 4.16. The molecule has 0 bridgehead atoms. The van der Waals surface area contributed by atoms with E-state index in [2.05, 4.69) is 0 Å². The molecule has 4 nitrogen and oxygen atoms in total. The standard InChI is InChI=1S/C14H18O4/c1-17-12-7-2-4-10(8-9-13(15)16)14(12)18-11-5-3-6-11/h2,4,7,11H,3,5-6,8-9H2,1H3,(H,15,16). The molecule has 0 atom stereocenters. The van der Waals surface area contributed by atoms with Crippen LogP contribution in [0.15, 0.2) is 18.2 Å². The largest absolute Gasteiger partial charge is 0.493 e. The lowest BCUT2D eigenvalue weighted by molar-refractivity contribution is -0.136. The molecule has 1 aromatic carbocycles. The molecule has 4 heteroatoms. The molecule has 1 aromatic rings. The lowest BCUT2D eigenvalue weighted by atomic mass is 9.96. The predicted octanol–water partition coefficient (Wildman–Crippen LogP) is 2.64. The van der Waals surface area contributed by atoms with Crippen molar-refractivity contribution in [3.05, 3.63) is 23.8 Å². The summed E-state index contributed by atoms with van der Waals surface area (Å²) in [6, 6.07) is 5.61. The van der Waals surface area contributed by atoms with Crippen molar-refractivity contribution < 1.29 is 19.4 Å². The normalized spacial score (nSPS) is 14.9. The molecule has 0 radical (unpaired) electrons. The highest BCUT2D eigenvalue weighted by Crippen LogP contribution is 2.35. The SMILES string of the molecule is COc1cccc(CCC(=O)O)c1OC1CCC1. The zero-order valence-electron chi connectivity index (χ0n) is 10.5. The molecule has 1 aliphatic rings. The fourth-order valence-corrected chi connectivity index (χ4v) is 1.95. The molecule has 1 saturated carbocycles. The van der Waals surface area contributed by atoms with Crippen molar-refractivity contribution in [3.8, 4) is 11.5 Å². The van der Waals surface area contributed by atoms with E-state index in [1.54, 1.807) is 7.11 Å². The van der Waals surface area contributed by atoms with Gasteiger partial charge in [-0.2, -0.15) is 0 Å². The van der Waals surface area contributed by atoms with Gasteiger partial charge in [0, 0.05) is 6.42 Å². The summed E-state index contributed by atoms with van der Waals surface area (Å²) in [6.45, 7) is 0. The first-order valence-electron chi connectivity index (χ1n) is 6.25. The zero-order chi connectivity index (χ0) is 13.0. The highest BCUT2D eigenvalue weighted by molar-refractivity contribution is 5.67. The molecular weight excluding hydrogens is 232 g/mol. The van der Waals surface area contributed by atoms with Gasteiger partial charge in [0.2, 0.25) is 0 Å². The van der Waals surface area contributed by atoms with Crippen LogP contribution in [0.3, 0.4) is 0 Å². The van der Waals surface area contributed by atoms with Crippen LogP contribution in [0.25, 0.3) is 0 Å². The second kappa shape index (κ2) is 5.76. The molecule has 98 valence electrons. The van der Waals surface area contributed by atoms with E-state index in [1.165, 1.54) is 6.42 Å². The van der Waals surface area contributed by atoms with Crippen LogP contribution in [0, 0.1) is 0 Å². The first-order chi connectivity index (χ1) is 8.70. The third-order valence-corrected chi connectivity index (χ3v) is 3.23. The number of carboxylic acids is 1. The Hall–Kier alpha value is -1.71. The molecule has 0 unspecified atom stereocenters. The average molecular weight is 250 g/mol. The molecule has 0 aliphatic heterocycles. The fraction of sp³-hybridized carbons (Fsp3) is 0.500. The van der Waals surface area contributed by atoms with Gasteiger partial charge in [-0.1, -0.05) is 12.1 Å². The maximum Gasteiger partial charge on any atom is 0.303 e. The molecule has 18 heavy (non-hydrogen) atoms. The lowest BCUT2D eigenvalue weighted by Gasteiger charge is -2.28. The Kier molecular flexibility index (Phi) is 4.07. The fourth-order valence-electron chi connectivity index (χ4n) is 1.95. The summed E-state index contributed by atoms with van der Waals surface area (Å²) in [5.41, 5.74) is 0.906. The molecule has 2 rings (SSSR count). The minimum Gasteiger partial charge on any atom is -0.493 e. The monoisotopic (exact) mass is 250 g/mol. The number of methoxy groups -OCH3 is 1. The van der Waals surface area contributed by atoms with Crippen LogP contribution in [0.2, 0.25) is 0 Å². The number of aliphatic carboxylic acids is 1. The van der Waals surface area contributed by atoms with Crippen LogP contribution in [-0.2, 0) is 11.2 Å². The summed E-state index contributed by atoms with van der Waals surface area (Å²) in [5.74, 6) is 0.600. The van der Waals surface area contributed by atoms with Crippen LogP contribution in [0.5, 0.6) is 11.5 Å². The van der Waals surface area contributed by atoms with E-state index in [-0.39, 0.29) is 12.5 Å². The number of hydrogen-bond acceptors (Lipinski definition) is 3. The van der Waals surface area contributed by atoms with E-state index in [9.17, 15) is 4.79 Å². The van der Waals surface area contributed by atoms with Gasteiger partial charge in [-0.3, -0.25) is 4.79 Å². The van der Waals surface area contributed by atoms with Crippen molar-refractivity contribution in [2.45, 2.75) is 38.2 Å². The molecule has 0 spiro atoms. The number of benzene rings is 1. The van der Waals surface area contributed by atoms with E-state index in [0.717, 1.165) is 18.4 Å². The topological polar surface area (TPSA) is 55.8 Å². The lowest BCUT2D eigenvalue weighted by Crippen LogP contribution is -2.25. The highest BCUT2D eigenvalue weighted by Gasteiger charge is 2.22. The van der Waals surface area contributed by atoms with Gasteiger partial charge in [-0.15, -0.1) is 0 Å². The third-order valence-electron chi connectivity index (χ3n) is 3.23. The van der Waals surface area contributed by atoms with Gasteiger partial charge in [-0.05, 0) is 37.3 Å². The molecule has 0 saturated heterocycles. The van der Waals surface area contributed by atoms with Crippen LogP contribution >= 0.6 is 0 Å². The van der Waals surface area contributed by atoms with E-state index in [0.29, 0.717) is 17.9 Å². The smallest absolute Gasteiger partial charge is 0.303 e. The summed E-state index contributed by atoms with van der Waals surface area (Å²) < 4.78 is 11.2. The van der Waals surface area contributed by atoms with Gasteiger partial charge in [0.05, 0.1) is 13.2 Å². The average Bonchev–Trinajstić information content (AvgIpc) is 2.31. The van der Waals surface area contributed by atoms with Crippen LogP contribution < -0.4 is 9.47 Å². The van der Waals surface area contributed by atoms with Gasteiger partial charge in [-0.25, -0.2) is 0 Å². The number of aryl methyl sites for hydroxylation is 1. The first kappa shape index (κ1) is 12.7. The predicted molar refractivity (Wildman–Crippen MR) is 67.2 cm³/mol. The maximum atomic E-state index is 10.7. The van der Waals surface area contributed by atoms with Gasteiger partial charge in [0.15, 0.2) is 11.5 Å². The molecule has 1 N–H and O–H groups in total. The zero-order valence-corrected chi connectivity index (χ0v) is 10.5. The van der Waals surface area contributed by atoms with Crippen LogP contribution in [0.1, 0.15) is 31.2 Å². The number of para-hydroxylation sites is 1. The summed E-state index contributed by atoms with van der Waals surface area (Å²) in [5, 5.41) is 8.76. The summed E-state index contributed by atoms with van der Waals surface area (Å²) >= 11 is 0. The Balaban J connectivity index is 2.16. The quantitative estimate of drug-likeness (QED) is 0.843.